The molecule has 4 nitrogen and oxygen atoms in total. The van der Waals surface area contributed by atoms with E-state index in [1.807, 2.05) is 31.2 Å². The lowest BCUT2D eigenvalue weighted by Gasteiger charge is -2.22. The number of para-hydroxylation sites is 1. The second-order valence-corrected chi connectivity index (χ2v) is 6.84. The minimum atomic E-state index is -0.540. The number of amides is 1. The number of halogens is 1. The number of anilines is 1. The fraction of sp³-hybridized carbons (Fsp3) is 0.263. The molecule has 2 aromatic rings. The third-order valence-electron chi connectivity index (χ3n) is 4.01. The van der Waals surface area contributed by atoms with E-state index in [1.54, 1.807) is 23.1 Å². The highest BCUT2D eigenvalue weighted by Gasteiger charge is 2.30. The van der Waals surface area contributed by atoms with Crippen LogP contribution in [0.1, 0.15) is 12.5 Å². The van der Waals surface area contributed by atoms with E-state index in [1.165, 1.54) is 6.07 Å². The van der Waals surface area contributed by atoms with Crippen molar-refractivity contribution in [1.82, 2.24) is 0 Å². The van der Waals surface area contributed by atoms with Crippen LogP contribution in [0, 0.1) is 5.82 Å². The van der Waals surface area contributed by atoms with Crippen LogP contribution in [0.4, 0.5) is 10.1 Å². The highest BCUT2D eigenvalue weighted by Crippen LogP contribution is 2.31. The number of rotatable bonds is 5. The molecule has 25 heavy (non-hydrogen) atoms. The van der Waals surface area contributed by atoms with E-state index in [0.717, 1.165) is 29.4 Å². The molecule has 0 aromatic heterocycles. The van der Waals surface area contributed by atoms with Crippen molar-refractivity contribution in [3.05, 3.63) is 59.9 Å². The summed E-state index contributed by atoms with van der Waals surface area (Å²) >= 11 is 1.05. The zero-order chi connectivity index (χ0) is 17.8. The Balaban J connectivity index is 1.52. The molecule has 1 aliphatic rings. The Morgan fingerprint density at radius 3 is 2.72 bits per heavy atom. The first-order valence-corrected chi connectivity index (χ1v) is 8.97. The number of fused-ring (bicyclic) bond motifs is 1. The summed E-state index contributed by atoms with van der Waals surface area (Å²) in [4.78, 5) is 26.3. The third-order valence-corrected chi connectivity index (χ3v) is 5.04. The first-order chi connectivity index (χ1) is 12.1. The molecule has 0 bridgehead atoms. The van der Waals surface area contributed by atoms with Crippen LogP contribution in [0.15, 0.2) is 53.4 Å². The van der Waals surface area contributed by atoms with Crippen LogP contribution in [0.2, 0.25) is 0 Å². The van der Waals surface area contributed by atoms with Gasteiger partial charge in [0, 0.05) is 16.6 Å². The van der Waals surface area contributed by atoms with Crippen LogP contribution in [0.5, 0.6) is 0 Å². The molecule has 0 aliphatic carbocycles. The van der Waals surface area contributed by atoms with Gasteiger partial charge in [0.05, 0.1) is 5.75 Å². The quantitative estimate of drug-likeness (QED) is 0.606. The van der Waals surface area contributed by atoms with Gasteiger partial charge in [0.15, 0.2) is 6.61 Å². The monoisotopic (exact) mass is 359 g/mol. The van der Waals surface area contributed by atoms with Crippen molar-refractivity contribution in [1.29, 1.82) is 0 Å². The van der Waals surface area contributed by atoms with Gasteiger partial charge in [-0.25, -0.2) is 4.39 Å². The van der Waals surface area contributed by atoms with E-state index in [4.69, 9.17) is 4.74 Å². The summed E-state index contributed by atoms with van der Waals surface area (Å²) in [7, 11) is 0. The minimum Gasteiger partial charge on any atom is -0.455 e. The molecule has 1 atom stereocenters. The molecule has 0 saturated heterocycles. The Hall–Kier alpha value is -2.34. The van der Waals surface area contributed by atoms with Crippen LogP contribution >= 0.6 is 11.8 Å². The number of esters is 1. The topological polar surface area (TPSA) is 46.6 Å². The molecule has 0 saturated carbocycles. The molecule has 0 unspecified atom stereocenters. The predicted molar refractivity (Wildman–Crippen MR) is 95.2 cm³/mol. The summed E-state index contributed by atoms with van der Waals surface area (Å²) in [6.45, 7) is 1.66. The normalized spacial score (nSPS) is 15.8. The molecule has 0 radical (unpaired) electrons. The Morgan fingerprint density at radius 1 is 1.20 bits per heavy atom. The van der Waals surface area contributed by atoms with Crippen molar-refractivity contribution in [2.75, 3.05) is 17.3 Å². The molecular weight excluding hydrogens is 341 g/mol. The molecule has 1 heterocycles. The number of nitrogens with zero attached hydrogens (tertiary/aromatic N) is 1. The van der Waals surface area contributed by atoms with E-state index in [-0.39, 0.29) is 30.1 Å². The molecule has 130 valence electrons. The standard InChI is InChI=1S/C19H18FNO3S/c1-13-10-14-6-2-4-8-16(14)21(13)18(22)11-24-19(23)12-25-17-9-5-3-7-15(17)20/h2-9,13H,10-12H2,1H3/t13-/m0/s1. The zero-order valence-electron chi connectivity index (χ0n) is 13.8. The van der Waals surface area contributed by atoms with Crippen molar-refractivity contribution in [3.8, 4) is 0 Å². The van der Waals surface area contributed by atoms with Gasteiger partial charge in [-0.05, 0) is 37.1 Å². The van der Waals surface area contributed by atoms with Crippen molar-refractivity contribution in [2.45, 2.75) is 24.3 Å². The number of carbonyl (C=O) groups excluding carboxylic acids is 2. The maximum Gasteiger partial charge on any atom is 0.316 e. The van der Waals surface area contributed by atoms with Crippen molar-refractivity contribution >= 4 is 29.3 Å². The molecule has 2 aromatic carbocycles. The van der Waals surface area contributed by atoms with E-state index < -0.39 is 5.97 Å². The van der Waals surface area contributed by atoms with Crippen LogP contribution < -0.4 is 4.90 Å². The van der Waals surface area contributed by atoms with Crippen LogP contribution in [0.3, 0.4) is 0 Å². The first-order valence-electron chi connectivity index (χ1n) is 7.99. The lowest BCUT2D eigenvalue weighted by Crippen LogP contribution is -2.38. The molecule has 1 aliphatic heterocycles. The van der Waals surface area contributed by atoms with E-state index in [9.17, 15) is 14.0 Å². The Kier molecular flexibility index (Phi) is 5.38. The van der Waals surface area contributed by atoms with Crippen LogP contribution in [-0.2, 0) is 20.7 Å². The van der Waals surface area contributed by atoms with Crippen LogP contribution in [-0.4, -0.2) is 30.3 Å². The average Bonchev–Trinajstić information content (AvgIpc) is 2.94. The van der Waals surface area contributed by atoms with Gasteiger partial charge in [0.2, 0.25) is 0 Å². The second kappa shape index (κ2) is 7.70. The zero-order valence-corrected chi connectivity index (χ0v) is 14.6. The van der Waals surface area contributed by atoms with E-state index >= 15 is 0 Å². The lowest BCUT2D eigenvalue weighted by atomic mass is 10.1. The van der Waals surface area contributed by atoms with Gasteiger partial charge in [-0.15, -0.1) is 11.8 Å². The molecule has 0 N–H and O–H groups in total. The smallest absolute Gasteiger partial charge is 0.316 e. The van der Waals surface area contributed by atoms with E-state index in [2.05, 4.69) is 0 Å². The van der Waals surface area contributed by atoms with Gasteiger partial charge in [-0.3, -0.25) is 9.59 Å². The number of hydrogen-bond acceptors (Lipinski definition) is 4. The fourth-order valence-electron chi connectivity index (χ4n) is 2.90. The summed E-state index contributed by atoms with van der Waals surface area (Å²) in [5.41, 5.74) is 1.99. The van der Waals surface area contributed by atoms with Gasteiger partial charge < -0.3 is 9.64 Å². The SMILES string of the molecule is C[C@H]1Cc2ccccc2N1C(=O)COC(=O)CSc1ccccc1F. The third kappa shape index (κ3) is 4.02. The number of carbonyl (C=O) groups is 2. The largest absolute Gasteiger partial charge is 0.455 e. The predicted octanol–water partition coefficient (Wildman–Crippen LogP) is 3.44. The molecule has 6 heteroatoms. The van der Waals surface area contributed by atoms with Crippen molar-refractivity contribution in [2.24, 2.45) is 0 Å². The summed E-state index contributed by atoms with van der Waals surface area (Å²) in [6, 6.07) is 14.0. The Morgan fingerprint density at radius 2 is 1.92 bits per heavy atom. The van der Waals surface area contributed by atoms with Gasteiger partial charge in [-0.2, -0.15) is 0 Å². The fourth-order valence-corrected chi connectivity index (χ4v) is 3.63. The molecule has 1 amide bonds. The van der Waals surface area contributed by atoms with Crippen molar-refractivity contribution in [3.63, 3.8) is 0 Å². The van der Waals surface area contributed by atoms with Gasteiger partial charge in [-0.1, -0.05) is 30.3 Å². The second-order valence-electron chi connectivity index (χ2n) is 5.83. The lowest BCUT2D eigenvalue weighted by molar-refractivity contribution is -0.145. The molecular formula is C19H18FNO3S. The highest BCUT2D eigenvalue weighted by atomic mass is 32.2. The molecule has 0 fully saturated rings. The van der Waals surface area contributed by atoms with Crippen molar-refractivity contribution < 1.29 is 18.7 Å². The summed E-state index contributed by atoms with van der Waals surface area (Å²) < 4.78 is 18.6. The van der Waals surface area contributed by atoms with Gasteiger partial charge in [0.1, 0.15) is 5.82 Å². The van der Waals surface area contributed by atoms with Gasteiger partial charge in [0.25, 0.3) is 5.91 Å². The van der Waals surface area contributed by atoms with E-state index in [0.29, 0.717) is 4.90 Å². The Labute approximate surface area is 150 Å². The summed E-state index contributed by atoms with van der Waals surface area (Å²) in [5, 5.41) is 0. The first kappa shape index (κ1) is 17.5. The number of ether oxygens (including phenoxy) is 1. The van der Waals surface area contributed by atoms with Crippen LogP contribution in [0.25, 0.3) is 0 Å². The number of thioether (sulfide) groups is 1. The highest BCUT2D eigenvalue weighted by molar-refractivity contribution is 8.00. The maximum absolute atomic E-state index is 13.5. The number of hydrogen-bond donors (Lipinski definition) is 0. The number of benzene rings is 2. The molecule has 3 rings (SSSR count). The summed E-state index contributed by atoms with van der Waals surface area (Å²) in [5.74, 6) is -1.21. The average molecular weight is 359 g/mol. The molecule has 0 spiro atoms. The minimum absolute atomic E-state index is 0.0383. The Bertz CT molecular complexity index is 796. The van der Waals surface area contributed by atoms with Gasteiger partial charge >= 0.3 is 5.97 Å². The summed E-state index contributed by atoms with van der Waals surface area (Å²) in [6.07, 6.45) is 0.791. The maximum atomic E-state index is 13.5.